The predicted octanol–water partition coefficient (Wildman–Crippen LogP) is 4.68. The Labute approximate surface area is 197 Å². The van der Waals surface area contributed by atoms with Crippen LogP contribution in [0, 0.1) is 12.8 Å². The average molecular weight is 500 g/mol. The molecule has 0 amide bonds. The Hall–Kier alpha value is -2.22. The number of methoxy groups -OCH3 is 1. The predicted molar refractivity (Wildman–Crippen MR) is 129 cm³/mol. The van der Waals surface area contributed by atoms with Crippen LogP contribution < -0.4 is 0 Å². The molecule has 170 valence electrons. The molecule has 7 heteroatoms. The minimum atomic E-state index is -0.507. The van der Waals surface area contributed by atoms with Crippen molar-refractivity contribution in [1.82, 2.24) is 14.5 Å². The van der Waals surface area contributed by atoms with Gasteiger partial charge in [-0.2, -0.15) is 0 Å². The molecule has 3 heterocycles. The molecule has 1 fully saturated rings. The zero-order valence-electron chi connectivity index (χ0n) is 19.3. The van der Waals surface area contributed by atoms with Crippen LogP contribution in [0.3, 0.4) is 0 Å². The summed E-state index contributed by atoms with van der Waals surface area (Å²) in [7, 11) is 5.99. The van der Waals surface area contributed by atoms with Gasteiger partial charge in [-0.15, -0.1) is 0 Å². The molecule has 0 bridgehead atoms. The van der Waals surface area contributed by atoms with Crippen LogP contribution in [0.1, 0.15) is 34.8 Å². The quantitative estimate of drug-likeness (QED) is 0.476. The Morgan fingerprint density at radius 3 is 2.81 bits per heavy atom. The van der Waals surface area contributed by atoms with E-state index in [1.807, 2.05) is 0 Å². The number of aryl methyl sites for hydroxylation is 2. The van der Waals surface area contributed by atoms with Crippen molar-refractivity contribution < 1.29 is 14.3 Å². The van der Waals surface area contributed by atoms with E-state index in [1.165, 1.54) is 28.2 Å². The molecule has 0 saturated carbocycles. The second kappa shape index (κ2) is 8.96. The standard InChI is InChI=1S/C25H30BrN3O3/c1-16-13-29(4)22-8-6-7-21(23(16)22)25(31-5)10-18(14-28(3)17(25)2)15-32-24(30)19-9-20(26)12-27-11-19/h6-9,11-13,17-18H,10,14-15H2,1-5H3/t17-,18+,25-/m1/s1. The number of likely N-dealkylation sites (tertiary alicyclic amines) is 1. The second-order valence-electron chi connectivity index (χ2n) is 8.89. The molecule has 2 aromatic heterocycles. The molecule has 6 nitrogen and oxygen atoms in total. The van der Waals surface area contributed by atoms with Gasteiger partial charge in [0.1, 0.15) is 5.60 Å². The van der Waals surface area contributed by atoms with Crippen molar-refractivity contribution in [1.29, 1.82) is 0 Å². The number of fused-ring (bicyclic) bond motifs is 1. The number of aromatic nitrogens is 2. The highest BCUT2D eigenvalue weighted by molar-refractivity contribution is 9.10. The fraction of sp³-hybridized carbons (Fsp3) is 0.440. The monoisotopic (exact) mass is 499 g/mol. The molecular weight excluding hydrogens is 470 g/mol. The molecule has 0 N–H and O–H groups in total. The van der Waals surface area contributed by atoms with Crippen molar-refractivity contribution in [2.45, 2.75) is 31.9 Å². The van der Waals surface area contributed by atoms with Crippen molar-refractivity contribution >= 4 is 32.8 Å². The summed E-state index contributed by atoms with van der Waals surface area (Å²) in [5.74, 6) is -0.219. The van der Waals surface area contributed by atoms with E-state index >= 15 is 0 Å². The number of piperidine rings is 1. The molecule has 4 rings (SSSR count). The Morgan fingerprint density at radius 1 is 1.31 bits per heavy atom. The molecule has 0 unspecified atom stereocenters. The summed E-state index contributed by atoms with van der Waals surface area (Å²) in [5.41, 5.74) is 3.57. The fourth-order valence-electron chi connectivity index (χ4n) is 5.22. The maximum Gasteiger partial charge on any atom is 0.339 e. The lowest BCUT2D eigenvalue weighted by Crippen LogP contribution is -2.56. The van der Waals surface area contributed by atoms with Gasteiger partial charge in [0.05, 0.1) is 12.2 Å². The summed E-state index contributed by atoms with van der Waals surface area (Å²) in [6, 6.07) is 8.33. The van der Waals surface area contributed by atoms with Crippen LogP contribution >= 0.6 is 15.9 Å². The van der Waals surface area contributed by atoms with Gasteiger partial charge in [0.2, 0.25) is 0 Å². The van der Waals surface area contributed by atoms with Crippen molar-refractivity contribution in [2.24, 2.45) is 13.0 Å². The SMILES string of the molecule is CO[C@]1(c2cccc3c2c(C)cn3C)C[C@H](COC(=O)c2cncc(Br)c2)CN(C)[C@@H]1C. The number of hydrogen-bond acceptors (Lipinski definition) is 5. The topological polar surface area (TPSA) is 56.6 Å². The van der Waals surface area contributed by atoms with Gasteiger partial charge in [0, 0.05) is 66.6 Å². The zero-order valence-corrected chi connectivity index (χ0v) is 20.8. The molecule has 0 aliphatic carbocycles. The van der Waals surface area contributed by atoms with Gasteiger partial charge in [0.25, 0.3) is 0 Å². The van der Waals surface area contributed by atoms with Gasteiger partial charge < -0.3 is 18.9 Å². The number of benzene rings is 1. The molecule has 32 heavy (non-hydrogen) atoms. The third kappa shape index (κ3) is 3.98. The van der Waals surface area contributed by atoms with E-state index in [0.717, 1.165) is 17.4 Å². The summed E-state index contributed by atoms with van der Waals surface area (Å²) < 4.78 is 15.0. The highest BCUT2D eigenvalue weighted by Crippen LogP contribution is 2.45. The summed E-state index contributed by atoms with van der Waals surface area (Å²) >= 11 is 3.35. The molecule has 1 aromatic carbocycles. The van der Waals surface area contributed by atoms with Gasteiger partial charge in [-0.1, -0.05) is 12.1 Å². The van der Waals surface area contributed by atoms with E-state index in [9.17, 15) is 4.79 Å². The largest absolute Gasteiger partial charge is 0.462 e. The Morgan fingerprint density at radius 2 is 2.09 bits per heavy atom. The lowest BCUT2D eigenvalue weighted by Gasteiger charge is -2.50. The highest BCUT2D eigenvalue weighted by atomic mass is 79.9. The van der Waals surface area contributed by atoms with Crippen LogP contribution in [0.4, 0.5) is 0 Å². The third-order valence-electron chi connectivity index (χ3n) is 6.89. The molecular formula is C25H30BrN3O3. The normalized spacial score (nSPS) is 24.1. The smallest absolute Gasteiger partial charge is 0.339 e. The van der Waals surface area contributed by atoms with E-state index in [-0.39, 0.29) is 17.9 Å². The number of likely N-dealkylation sites (N-methyl/N-ethyl adjacent to an activating group) is 1. The first-order valence-corrected chi connectivity index (χ1v) is 11.6. The summed E-state index contributed by atoms with van der Waals surface area (Å²) in [6.45, 7) is 5.53. The number of carbonyl (C=O) groups excluding carboxylic acids is 1. The van der Waals surface area contributed by atoms with Gasteiger partial charge in [-0.25, -0.2) is 4.79 Å². The van der Waals surface area contributed by atoms with Crippen LogP contribution in [0.5, 0.6) is 0 Å². The average Bonchev–Trinajstić information content (AvgIpc) is 3.08. The number of esters is 1. The first-order chi connectivity index (χ1) is 15.3. The van der Waals surface area contributed by atoms with E-state index < -0.39 is 5.60 Å². The minimum Gasteiger partial charge on any atom is -0.462 e. The zero-order chi connectivity index (χ0) is 23.0. The van der Waals surface area contributed by atoms with E-state index in [1.54, 1.807) is 19.4 Å². The molecule has 0 radical (unpaired) electrons. The first-order valence-electron chi connectivity index (χ1n) is 10.8. The number of carbonyl (C=O) groups is 1. The molecule has 0 spiro atoms. The van der Waals surface area contributed by atoms with E-state index in [0.29, 0.717) is 12.2 Å². The van der Waals surface area contributed by atoms with Crippen LogP contribution in [-0.4, -0.2) is 53.8 Å². The first kappa shape index (κ1) is 23.0. The lowest BCUT2D eigenvalue weighted by molar-refractivity contribution is -0.123. The van der Waals surface area contributed by atoms with Crippen molar-refractivity contribution in [3.8, 4) is 0 Å². The van der Waals surface area contributed by atoms with Gasteiger partial charge in [-0.05, 0) is 66.5 Å². The molecule has 1 saturated heterocycles. The van der Waals surface area contributed by atoms with Gasteiger partial charge in [0.15, 0.2) is 0 Å². The molecule has 1 aliphatic heterocycles. The Kier molecular flexibility index (Phi) is 6.43. The number of pyridine rings is 1. The molecule has 1 aliphatic rings. The number of rotatable bonds is 5. The molecule has 3 atom stereocenters. The van der Waals surface area contributed by atoms with E-state index in [2.05, 4.69) is 82.7 Å². The third-order valence-corrected chi connectivity index (χ3v) is 7.32. The van der Waals surface area contributed by atoms with Crippen molar-refractivity contribution in [3.63, 3.8) is 0 Å². The minimum absolute atomic E-state index is 0.138. The maximum atomic E-state index is 12.6. The van der Waals surface area contributed by atoms with Crippen LogP contribution in [0.25, 0.3) is 10.9 Å². The van der Waals surface area contributed by atoms with Crippen molar-refractivity contribution in [3.05, 3.63) is 64.0 Å². The molecule has 3 aromatic rings. The highest BCUT2D eigenvalue weighted by Gasteiger charge is 2.47. The van der Waals surface area contributed by atoms with Crippen LogP contribution in [-0.2, 0) is 22.1 Å². The Balaban J connectivity index is 1.64. The second-order valence-corrected chi connectivity index (χ2v) is 9.81. The number of ether oxygens (including phenoxy) is 2. The van der Waals surface area contributed by atoms with Crippen molar-refractivity contribution in [2.75, 3.05) is 27.3 Å². The van der Waals surface area contributed by atoms with Gasteiger partial charge >= 0.3 is 5.97 Å². The summed E-state index contributed by atoms with van der Waals surface area (Å²) in [4.78, 5) is 18.9. The summed E-state index contributed by atoms with van der Waals surface area (Å²) in [5, 5.41) is 1.25. The number of halogens is 1. The fourth-order valence-corrected chi connectivity index (χ4v) is 5.59. The van der Waals surface area contributed by atoms with Gasteiger partial charge in [-0.3, -0.25) is 4.98 Å². The maximum absolute atomic E-state index is 12.6. The summed E-state index contributed by atoms with van der Waals surface area (Å²) in [6.07, 6.45) is 6.11. The number of nitrogens with zero attached hydrogens (tertiary/aromatic N) is 3. The Bertz CT molecular complexity index is 1140. The van der Waals surface area contributed by atoms with E-state index in [4.69, 9.17) is 9.47 Å². The van der Waals surface area contributed by atoms with Crippen LogP contribution in [0.15, 0.2) is 47.3 Å². The number of hydrogen-bond donors (Lipinski definition) is 0. The van der Waals surface area contributed by atoms with Crippen LogP contribution in [0.2, 0.25) is 0 Å². The lowest BCUT2D eigenvalue weighted by atomic mass is 9.74.